The van der Waals surface area contributed by atoms with Crippen LogP contribution in [0.1, 0.15) is 77.0 Å². The van der Waals surface area contributed by atoms with Gasteiger partial charge in [0.15, 0.2) is 0 Å². The average Bonchev–Trinajstić information content (AvgIpc) is 2.59. The molecule has 0 radical (unpaired) electrons. The Kier molecular flexibility index (Phi) is 6.70. The molecule has 0 aromatic heterocycles. The average molecular weight is 344 g/mol. The molecule has 0 spiro atoms. The van der Waals surface area contributed by atoms with Gasteiger partial charge in [0.2, 0.25) is 0 Å². The Hall–Kier alpha value is 0.230. The molecule has 0 atom stereocenters. The van der Waals surface area contributed by atoms with Gasteiger partial charge in [-0.2, -0.15) is 0 Å². The Labute approximate surface area is 144 Å². The van der Waals surface area contributed by atoms with Gasteiger partial charge in [-0.15, -0.1) is 0 Å². The van der Waals surface area contributed by atoms with Gasteiger partial charge in [0, 0.05) is 7.11 Å². The topological polar surface area (TPSA) is 49.7 Å². The van der Waals surface area contributed by atoms with Gasteiger partial charge >= 0.3 is 0 Å². The maximum absolute atomic E-state index is 9.88. The molecule has 3 nitrogen and oxygen atoms in total. The van der Waals surface area contributed by atoms with Crippen molar-refractivity contribution in [2.45, 2.75) is 111 Å². The highest BCUT2D eigenvalue weighted by Crippen LogP contribution is 2.40. The van der Waals surface area contributed by atoms with Crippen molar-refractivity contribution in [2.75, 3.05) is 7.11 Å². The second-order valence-corrected chi connectivity index (χ2v) is 10.7. The largest absolute Gasteiger partial charge is 0.393 e. The van der Waals surface area contributed by atoms with Crippen molar-refractivity contribution in [3.8, 4) is 0 Å². The summed E-state index contributed by atoms with van der Waals surface area (Å²) in [5.74, 6) is 0. The highest BCUT2D eigenvalue weighted by Gasteiger charge is 2.47. The van der Waals surface area contributed by atoms with Crippen LogP contribution in [0.15, 0.2) is 0 Å². The maximum atomic E-state index is 9.88. The number of aliphatic hydroxyl groups is 2. The molecule has 0 aromatic rings. The van der Waals surface area contributed by atoms with Crippen molar-refractivity contribution in [2.24, 2.45) is 0 Å². The van der Waals surface area contributed by atoms with E-state index in [2.05, 4.69) is 0 Å². The molecule has 0 heterocycles. The molecular formula is C19H35O3S+. The summed E-state index contributed by atoms with van der Waals surface area (Å²) in [7, 11) is 2.35. The molecule has 0 aliphatic heterocycles. The van der Waals surface area contributed by atoms with Crippen molar-refractivity contribution >= 4 is 10.9 Å². The zero-order valence-electron chi connectivity index (χ0n) is 14.7. The van der Waals surface area contributed by atoms with Crippen LogP contribution in [-0.4, -0.2) is 51.4 Å². The molecule has 0 saturated heterocycles. The number of ether oxygens (including phenoxy) is 1. The Morgan fingerprint density at radius 3 is 1.30 bits per heavy atom. The Morgan fingerprint density at radius 1 is 0.609 bits per heavy atom. The third kappa shape index (κ3) is 4.65. The molecule has 0 bridgehead atoms. The van der Waals surface area contributed by atoms with E-state index in [1.807, 2.05) is 7.11 Å². The van der Waals surface area contributed by atoms with Gasteiger partial charge in [0.05, 0.1) is 18.3 Å². The Morgan fingerprint density at radius 2 is 0.957 bits per heavy atom. The summed E-state index contributed by atoms with van der Waals surface area (Å²) in [6.45, 7) is 0. The highest BCUT2D eigenvalue weighted by molar-refractivity contribution is 7.98. The summed E-state index contributed by atoms with van der Waals surface area (Å²) >= 11 is 0. The van der Waals surface area contributed by atoms with Gasteiger partial charge in [-0.3, -0.25) is 0 Å². The minimum Gasteiger partial charge on any atom is -0.393 e. The minimum absolute atomic E-state index is 0.0471. The summed E-state index contributed by atoms with van der Waals surface area (Å²) in [6.07, 6.45) is 14.5. The van der Waals surface area contributed by atoms with E-state index in [9.17, 15) is 10.2 Å². The molecular weight excluding hydrogens is 308 g/mol. The quantitative estimate of drug-likeness (QED) is 0.771. The van der Waals surface area contributed by atoms with Crippen LogP contribution >= 0.6 is 0 Å². The second-order valence-electron chi connectivity index (χ2n) is 7.90. The Balaban J connectivity index is 1.66. The van der Waals surface area contributed by atoms with Crippen LogP contribution in [0.5, 0.6) is 0 Å². The zero-order chi connectivity index (χ0) is 16.2. The molecule has 3 aliphatic carbocycles. The van der Waals surface area contributed by atoms with Crippen molar-refractivity contribution in [1.82, 2.24) is 0 Å². The van der Waals surface area contributed by atoms with Gasteiger partial charge in [0.1, 0.15) is 15.7 Å². The molecule has 3 rings (SSSR count). The van der Waals surface area contributed by atoms with Gasteiger partial charge < -0.3 is 14.9 Å². The lowest BCUT2D eigenvalue weighted by molar-refractivity contribution is 0.0718. The van der Waals surface area contributed by atoms with Crippen molar-refractivity contribution in [3.05, 3.63) is 0 Å². The lowest BCUT2D eigenvalue weighted by Gasteiger charge is -2.38. The van der Waals surface area contributed by atoms with Crippen LogP contribution in [-0.2, 0) is 15.6 Å². The molecule has 0 unspecified atom stereocenters. The first-order chi connectivity index (χ1) is 11.2. The first-order valence-electron chi connectivity index (χ1n) is 9.77. The second kappa shape index (κ2) is 8.55. The van der Waals surface area contributed by atoms with E-state index in [4.69, 9.17) is 4.74 Å². The van der Waals surface area contributed by atoms with E-state index in [0.29, 0.717) is 17.0 Å². The SMILES string of the molecule is COC1CCC([S+](C2CCC(O)CC2)C2CCC(O)CC2)CC1. The van der Waals surface area contributed by atoms with E-state index >= 15 is 0 Å². The molecule has 3 saturated carbocycles. The zero-order valence-corrected chi connectivity index (χ0v) is 15.5. The summed E-state index contributed by atoms with van der Waals surface area (Å²) in [5, 5.41) is 22.3. The number of methoxy groups -OCH3 is 1. The smallest absolute Gasteiger partial charge is 0.119 e. The fourth-order valence-electron chi connectivity index (χ4n) is 4.99. The number of rotatable bonds is 4. The molecule has 2 N–H and O–H groups in total. The first kappa shape index (κ1) is 18.0. The normalized spacial score (nSPS) is 44.0. The summed E-state index contributed by atoms with van der Waals surface area (Å²) in [6, 6.07) is 0. The standard InChI is InChI=1S/C19H35O3S/c1-22-16-6-12-19(13-7-16)23(17-8-2-14(20)3-9-17)18-10-4-15(21)5-11-18/h14-21H,2-13H2,1H3/q+1. The fourth-order valence-corrected chi connectivity index (χ4v) is 9.07. The van der Waals surface area contributed by atoms with E-state index in [1.54, 1.807) is 0 Å². The van der Waals surface area contributed by atoms with Gasteiger partial charge in [-0.1, -0.05) is 0 Å². The maximum Gasteiger partial charge on any atom is 0.119 e. The van der Waals surface area contributed by atoms with Crippen LogP contribution in [0.4, 0.5) is 0 Å². The van der Waals surface area contributed by atoms with Gasteiger partial charge in [0.25, 0.3) is 0 Å². The van der Waals surface area contributed by atoms with E-state index in [1.165, 1.54) is 51.4 Å². The molecule has 0 aromatic carbocycles. The predicted octanol–water partition coefficient (Wildman–Crippen LogP) is 3.17. The lowest BCUT2D eigenvalue weighted by atomic mass is 9.96. The third-order valence-corrected chi connectivity index (χ3v) is 10.1. The number of hydrogen-bond donors (Lipinski definition) is 2. The van der Waals surface area contributed by atoms with Gasteiger partial charge in [-0.05, 0) is 87.9 Å². The molecule has 134 valence electrons. The highest BCUT2D eigenvalue weighted by atomic mass is 32.2. The van der Waals surface area contributed by atoms with Crippen LogP contribution in [0.2, 0.25) is 0 Å². The van der Waals surface area contributed by atoms with Crippen molar-refractivity contribution < 1.29 is 14.9 Å². The number of hydrogen-bond acceptors (Lipinski definition) is 3. The van der Waals surface area contributed by atoms with E-state index in [0.717, 1.165) is 41.4 Å². The minimum atomic E-state index is -0.0471. The fraction of sp³-hybridized carbons (Fsp3) is 1.00. The monoisotopic (exact) mass is 343 g/mol. The third-order valence-electron chi connectivity index (χ3n) is 6.40. The predicted molar refractivity (Wildman–Crippen MR) is 96.9 cm³/mol. The molecule has 3 fully saturated rings. The lowest BCUT2D eigenvalue weighted by Crippen LogP contribution is -2.46. The molecule has 3 aliphatic rings. The van der Waals surface area contributed by atoms with Crippen LogP contribution in [0.25, 0.3) is 0 Å². The molecule has 23 heavy (non-hydrogen) atoms. The van der Waals surface area contributed by atoms with Crippen molar-refractivity contribution in [3.63, 3.8) is 0 Å². The van der Waals surface area contributed by atoms with Crippen LogP contribution in [0.3, 0.4) is 0 Å². The Bertz CT molecular complexity index is 319. The van der Waals surface area contributed by atoms with Crippen molar-refractivity contribution in [1.29, 1.82) is 0 Å². The summed E-state index contributed by atoms with van der Waals surface area (Å²) in [5.41, 5.74) is 0. The molecule has 0 amide bonds. The summed E-state index contributed by atoms with van der Waals surface area (Å²) in [4.78, 5) is 0. The van der Waals surface area contributed by atoms with Gasteiger partial charge in [-0.25, -0.2) is 0 Å². The first-order valence-corrected chi connectivity index (χ1v) is 11.2. The number of aliphatic hydroxyl groups excluding tert-OH is 2. The van der Waals surface area contributed by atoms with Crippen LogP contribution in [0, 0.1) is 0 Å². The summed E-state index contributed by atoms with van der Waals surface area (Å²) < 4.78 is 5.58. The molecule has 4 heteroatoms. The van der Waals surface area contributed by atoms with E-state index < -0.39 is 0 Å². The van der Waals surface area contributed by atoms with Crippen LogP contribution < -0.4 is 0 Å². The van der Waals surface area contributed by atoms with E-state index in [-0.39, 0.29) is 12.2 Å².